The number of sulfonamides is 1. The lowest BCUT2D eigenvalue weighted by molar-refractivity contribution is 0.0752. The lowest BCUT2D eigenvalue weighted by Crippen LogP contribution is -2.36. The van der Waals surface area contributed by atoms with Crippen LogP contribution >= 0.6 is 0 Å². The summed E-state index contributed by atoms with van der Waals surface area (Å²) in [7, 11) is -3.55. The van der Waals surface area contributed by atoms with E-state index in [0.29, 0.717) is 31.8 Å². The summed E-state index contributed by atoms with van der Waals surface area (Å²) in [4.78, 5) is 4.24. The van der Waals surface area contributed by atoms with Crippen LogP contribution in [0.3, 0.4) is 0 Å². The highest BCUT2D eigenvalue weighted by Gasteiger charge is 2.29. The largest absolute Gasteiger partial charge is 0.377 e. The smallest absolute Gasteiger partial charge is 0.245 e. The molecule has 1 saturated heterocycles. The SMILES string of the molecule is CC1CN(S(=O)(=O)c2cccnc2CN)CCCO1. The molecule has 1 aliphatic rings. The second kappa shape index (κ2) is 5.96. The fraction of sp³-hybridized carbons (Fsp3) is 0.583. The Balaban J connectivity index is 2.35. The van der Waals surface area contributed by atoms with Crippen molar-refractivity contribution in [2.24, 2.45) is 5.73 Å². The van der Waals surface area contributed by atoms with Crippen LogP contribution in [-0.4, -0.2) is 43.5 Å². The van der Waals surface area contributed by atoms with Gasteiger partial charge < -0.3 is 10.5 Å². The molecular weight excluding hydrogens is 266 g/mol. The summed E-state index contributed by atoms with van der Waals surface area (Å²) in [6, 6.07) is 3.17. The normalized spacial score (nSPS) is 22.1. The second-order valence-corrected chi connectivity index (χ2v) is 6.46. The van der Waals surface area contributed by atoms with Crippen LogP contribution in [0.15, 0.2) is 23.2 Å². The molecule has 0 radical (unpaired) electrons. The molecule has 0 saturated carbocycles. The average molecular weight is 285 g/mol. The van der Waals surface area contributed by atoms with Gasteiger partial charge in [0.15, 0.2) is 0 Å². The average Bonchev–Trinajstić information content (AvgIpc) is 2.64. The van der Waals surface area contributed by atoms with Gasteiger partial charge in [-0.1, -0.05) is 0 Å². The maximum Gasteiger partial charge on any atom is 0.245 e. The molecule has 6 nitrogen and oxygen atoms in total. The van der Waals surface area contributed by atoms with Crippen molar-refractivity contribution in [1.82, 2.24) is 9.29 Å². The van der Waals surface area contributed by atoms with Gasteiger partial charge in [0.2, 0.25) is 10.0 Å². The number of nitrogens with zero attached hydrogens (tertiary/aromatic N) is 2. The molecule has 0 amide bonds. The molecule has 1 fully saturated rings. The molecule has 0 aliphatic carbocycles. The van der Waals surface area contributed by atoms with Gasteiger partial charge >= 0.3 is 0 Å². The number of hydrogen-bond acceptors (Lipinski definition) is 5. The summed E-state index contributed by atoms with van der Waals surface area (Å²) in [5, 5.41) is 0. The molecule has 1 aromatic heterocycles. The van der Waals surface area contributed by atoms with E-state index < -0.39 is 10.0 Å². The maximum atomic E-state index is 12.6. The van der Waals surface area contributed by atoms with Gasteiger partial charge in [0.1, 0.15) is 4.90 Å². The molecule has 1 unspecified atom stereocenters. The van der Waals surface area contributed by atoms with E-state index >= 15 is 0 Å². The minimum atomic E-state index is -3.55. The summed E-state index contributed by atoms with van der Waals surface area (Å²) in [6.45, 7) is 3.40. The Morgan fingerprint density at radius 2 is 2.37 bits per heavy atom. The van der Waals surface area contributed by atoms with Gasteiger partial charge in [-0.2, -0.15) is 4.31 Å². The van der Waals surface area contributed by atoms with Gasteiger partial charge in [0, 0.05) is 32.4 Å². The summed E-state index contributed by atoms with van der Waals surface area (Å²) in [6.07, 6.45) is 2.15. The number of nitrogens with two attached hydrogens (primary N) is 1. The van der Waals surface area contributed by atoms with Crippen LogP contribution in [0.25, 0.3) is 0 Å². The highest BCUT2D eigenvalue weighted by Crippen LogP contribution is 2.20. The van der Waals surface area contributed by atoms with E-state index in [1.165, 1.54) is 4.31 Å². The van der Waals surface area contributed by atoms with E-state index in [1.54, 1.807) is 18.3 Å². The van der Waals surface area contributed by atoms with E-state index in [0.717, 1.165) is 0 Å². The predicted octanol–water partition coefficient (Wildman–Crippen LogP) is 0.340. The third-order valence-electron chi connectivity index (χ3n) is 3.07. The molecule has 2 heterocycles. The zero-order valence-corrected chi connectivity index (χ0v) is 11.8. The number of rotatable bonds is 3. The summed E-state index contributed by atoms with van der Waals surface area (Å²) >= 11 is 0. The minimum absolute atomic E-state index is 0.102. The number of ether oxygens (including phenoxy) is 1. The third kappa shape index (κ3) is 3.11. The Hall–Kier alpha value is -1.02. The quantitative estimate of drug-likeness (QED) is 0.865. The van der Waals surface area contributed by atoms with Gasteiger partial charge in [-0.3, -0.25) is 4.98 Å². The van der Waals surface area contributed by atoms with Crippen LogP contribution in [0.5, 0.6) is 0 Å². The van der Waals surface area contributed by atoms with Crippen molar-refractivity contribution in [2.75, 3.05) is 19.7 Å². The van der Waals surface area contributed by atoms with Crippen molar-refractivity contribution in [3.8, 4) is 0 Å². The Morgan fingerprint density at radius 1 is 1.58 bits per heavy atom. The fourth-order valence-corrected chi connectivity index (χ4v) is 3.86. The van der Waals surface area contributed by atoms with Gasteiger partial charge in [0.05, 0.1) is 11.8 Å². The van der Waals surface area contributed by atoms with Crippen molar-refractivity contribution < 1.29 is 13.2 Å². The van der Waals surface area contributed by atoms with Crippen LogP contribution in [0.1, 0.15) is 19.0 Å². The van der Waals surface area contributed by atoms with Crippen molar-refractivity contribution in [3.63, 3.8) is 0 Å². The predicted molar refractivity (Wildman–Crippen MR) is 70.9 cm³/mol. The molecule has 0 spiro atoms. The first-order valence-electron chi connectivity index (χ1n) is 6.31. The van der Waals surface area contributed by atoms with Gasteiger partial charge in [-0.25, -0.2) is 8.42 Å². The summed E-state index contributed by atoms with van der Waals surface area (Å²) in [5.74, 6) is 0. The van der Waals surface area contributed by atoms with E-state index in [1.807, 2.05) is 6.92 Å². The molecule has 0 aromatic carbocycles. The fourth-order valence-electron chi connectivity index (χ4n) is 2.12. The molecule has 19 heavy (non-hydrogen) atoms. The van der Waals surface area contributed by atoms with Gasteiger partial charge in [0.25, 0.3) is 0 Å². The second-order valence-electron chi connectivity index (χ2n) is 4.55. The summed E-state index contributed by atoms with van der Waals surface area (Å²) < 4.78 is 32.2. The lowest BCUT2D eigenvalue weighted by Gasteiger charge is -2.22. The van der Waals surface area contributed by atoms with E-state index in [9.17, 15) is 8.42 Å². The van der Waals surface area contributed by atoms with Gasteiger partial charge in [-0.05, 0) is 25.5 Å². The molecule has 106 valence electrons. The first-order chi connectivity index (χ1) is 9.05. The van der Waals surface area contributed by atoms with Crippen LogP contribution in [-0.2, 0) is 21.3 Å². The Bertz CT molecular complexity index is 533. The third-order valence-corrected chi connectivity index (χ3v) is 5.01. The molecule has 0 bridgehead atoms. The maximum absolute atomic E-state index is 12.6. The summed E-state index contributed by atoms with van der Waals surface area (Å²) in [5.41, 5.74) is 5.97. The number of pyridine rings is 1. The van der Waals surface area contributed by atoms with E-state index in [-0.39, 0.29) is 17.5 Å². The van der Waals surface area contributed by atoms with Crippen LogP contribution in [0.2, 0.25) is 0 Å². The van der Waals surface area contributed by atoms with Crippen molar-refractivity contribution in [1.29, 1.82) is 0 Å². The number of aromatic nitrogens is 1. The lowest BCUT2D eigenvalue weighted by atomic mass is 10.3. The topological polar surface area (TPSA) is 85.5 Å². The molecule has 1 atom stereocenters. The van der Waals surface area contributed by atoms with Crippen LogP contribution < -0.4 is 5.73 Å². The van der Waals surface area contributed by atoms with Gasteiger partial charge in [-0.15, -0.1) is 0 Å². The van der Waals surface area contributed by atoms with Crippen LogP contribution in [0.4, 0.5) is 0 Å². The van der Waals surface area contributed by atoms with Crippen LogP contribution in [0, 0.1) is 0 Å². The first-order valence-corrected chi connectivity index (χ1v) is 7.75. The number of hydrogen-bond donors (Lipinski definition) is 1. The molecule has 7 heteroatoms. The molecule has 1 aromatic rings. The molecule has 2 rings (SSSR count). The van der Waals surface area contributed by atoms with Crippen molar-refractivity contribution >= 4 is 10.0 Å². The Kier molecular flexibility index (Phi) is 4.51. The standard InChI is InChI=1S/C12H19N3O3S/c1-10-9-15(6-3-7-18-10)19(16,17)12-4-2-5-14-11(12)8-13/h2,4-5,10H,3,6-9,13H2,1H3. The molecule has 1 aliphatic heterocycles. The van der Waals surface area contributed by atoms with E-state index in [2.05, 4.69) is 4.98 Å². The van der Waals surface area contributed by atoms with Crippen molar-refractivity contribution in [2.45, 2.75) is 30.9 Å². The Labute approximate surface area is 113 Å². The highest BCUT2D eigenvalue weighted by atomic mass is 32.2. The van der Waals surface area contributed by atoms with E-state index in [4.69, 9.17) is 10.5 Å². The monoisotopic (exact) mass is 285 g/mol. The Morgan fingerprint density at radius 3 is 3.11 bits per heavy atom. The van der Waals surface area contributed by atoms with Crippen molar-refractivity contribution in [3.05, 3.63) is 24.0 Å². The minimum Gasteiger partial charge on any atom is -0.377 e. The zero-order valence-electron chi connectivity index (χ0n) is 10.9. The first kappa shape index (κ1) is 14.4. The molecular formula is C12H19N3O3S. The highest BCUT2D eigenvalue weighted by molar-refractivity contribution is 7.89. The zero-order chi connectivity index (χ0) is 13.9. The molecule has 2 N–H and O–H groups in total.